The molecule has 2 aromatic heterocycles. The molecule has 0 aliphatic rings. The molecule has 0 saturated carbocycles. The van der Waals surface area contributed by atoms with Gasteiger partial charge in [-0.15, -0.1) is 0 Å². The smallest absolute Gasteiger partial charge is 0.265 e. The van der Waals surface area contributed by atoms with Crippen LogP contribution < -0.4 is 21.1 Å². The van der Waals surface area contributed by atoms with Gasteiger partial charge in [0.1, 0.15) is 10.7 Å². The molecule has 106 valence electrons. The molecule has 1 amide bonds. The SMILES string of the molecule is CNc1nc(N)c(C(=O)NCc2ccnc(OC)c2)s1. The number of nitrogen functional groups attached to an aromatic ring is 1. The molecule has 2 heterocycles. The number of nitrogens with zero attached hydrogens (tertiary/aromatic N) is 2. The van der Waals surface area contributed by atoms with Crippen LogP contribution in [0.25, 0.3) is 0 Å². The zero-order chi connectivity index (χ0) is 14.5. The average Bonchev–Trinajstić information content (AvgIpc) is 2.86. The normalized spacial score (nSPS) is 10.1. The van der Waals surface area contributed by atoms with Gasteiger partial charge in [0.25, 0.3) is 5.91 Å². The number of amides is 1. The topological polar surface area (TPSA) is 102 Å². The minimum Gasteiger partial charge on any atom is -0.481 e. The third-order valence-corrected chi connectivity index (χ3v) is 3.62. The van der Waals surface area contributed by atoms with E-state index >= 15 is 0 Å². The second kappa shape index (κ2) is 6.20. The number of hydrogen-bond acceptors (Lipinski definition) is 7. The molecule has 0 spiro atoms. The summed E-state index contributed by atoms with van der Waals surface area (Å²) >= 11 is 1.21. The molecule has 2 aromatic rings. The third kappa shape index (κ3) is 3.15. The van der Waals surface area contributed by atoms with Gasteiger partial charge in [-0.05, 0) is 11.6 Å². The third-order valence-electron chi connectivity index (χ3n) is 2.53. The van der Waals surface area contributed by atoms with E-state index in [0.717, 1.165) is 5.56 Å². The maximum Gasteiger partial charge on any atom is 0.265 e. The first-order valence-electron chi connectivity index (χ1n) is 5.85. The van der Waals surface area contributed by atoms with Crippen molar-refractivity contribution in [1.82, 2.24) is 15.3 Å². The molecule has 4 N–H and O–H groups in total. The van der Waals surface area contributed by atoms with Crippen molar-refractivity contribution in [2.75, 3.05) is 25.2 Å². The van der Waals surface area contributed by atoms with E-state index in [4.69, 9.17) is 10.5 Å². The van der Waals surface area contributed by atoms with Crippen molar-refractivity contribution in [2.45, 2.75) is 6.54 Å². The maximum atomic E-state index is 12.0. The molecule has 0 unspecified atom stereocenters. The van der Waals surface area contributed by atoms with Gasteiger partial charge in [-0.2, -0.15) is 0 Å². The van der Waals surface area contributed by atoms with Crippen LogP contribution in [0.1, 0.15) is 15.2 Å². The van der Waals surface area contributed by atoms with Crippen molar-refractivity contribution in [3.8, 4) is 5.88 Å². The summed E-state index contributed by atoms with van der Waals surface area (Å²) in [6.07, 6.45) is 1.63. The molecule has 20 heavy (non-hydrogen) atoms. The first-order valence-corrected chi connectivity index (χ1v) is 6.67. The van der Waals surface area contributed by atoms with Gasteiger partial charge in [-0.25, -0.2) is 9.97 Å². The largest absolute Gasteiger partial charge is 0.481 e. The lowest BCUT2D eigenvalue weighted by Crippen LogP contribution is -2.22. The monoisotopic (exact) mass is 293 g/mol. The summed E-state index contributed by atoms with van der Waals surface area (Å²) in [5, 5.41) is 6.25. The minimum atomic E-state index is -0.253. The van der Waals surface area contributed by atoms with E-state index < -0.39 is 0 Å². The van der Waals surface area contributed by atoms with Crippen molar-refractivity contribution in [2.24, 2.45) is 0 Å². The minimum absolute atomic E-state index is 0.226. The Labute approximate surface area is 120 Å². The van der Waals surface area contributed by atoms with E-state index in [9.17, 15) is 4.79 Å². The van der Waals surface area contributed by atoms with Gasteiger partial charge < -0.3 is 21.1 Å². The second-order valence-corrected chi connectivity index (χ2v) is 4.87. The molecule has 0 aliphatic carbocycles. The summed E-state index contributed by atoms with van der Waals surface area (Å²) in [7, 11) is 3.27. The van der Waals surface area contributed by atoms with Crippen LogP contribution in [0.3, 0.4) is 0 Å². The van der Waals surface area contributed by atoms with Crippen LogP contribution in [0.5, 0.6) is 5.88 Å². The fourth-order valence-corrected chi connectivity index (χ4v) is 2.29. The fraction of sp³-hybridized carbons (Fsp3) is 0.250. The summed E-state index contributed by atoms with van der Waals surface area (Å²) in [6.45, 7) is 0.365. The zero-order valence-electron chi connectivity index (χ0n) is 11.1. The van der Waals surface area contributed by atoms with E-state index in [0.29, 0.717) is 22.4 Å². The Morgan fingerprint density at radius 3 is 3.00 bits per heavy atom. The molecular weight excluding hydrogens is 278 g/mol. The van der Waals surface area contributed by atoms with Crippen molar-refractivity contribution >= 4 is 28.2 Å². The van der Waals surface area contributed by atoms with Crippen molar-refractivity contribution < 1.29 is 9.53 Å². The van der Waals surface area contributed by atoms with E-state index in [-0.39, 0.29) is 11.7 Å². The molecule has 0 fully saturated rings. The number of nitrogens with two attached hydrogens (primary N) is 1. The fourth-order valence-electron chi connectivity index (χ4n) is 1.54. The average molecular weight is 293 g/mol. The summed E-state index contributed by atoms with van der Waals surface area (Å²) < 4.78 is 5.02. The molecule has 0 aliphatic heterocycles. The molecule has 2 rings (SSSR count). The number of pyridine rings is 1. The number of carbonyl (C=O) groups excluding carboxylic acids is 1. The Balaban J connectivity index is 2.02. The maximum absolute atomic E-state index is 12.0. The van der Waals surface area contributed by atoms with Crippen LogP contribution in [0.4, 0.5) is 10.9 Å². The van der Waals surface area contributed by atoms with Crippen LogP contribution in [0.15, 0.2) is 18.3 Å². The number of anilines is 2. The molecular formula is C12H15N5O2S. The number of rotatable bonds is 5. The van der Waals surface area contributed by atoms with Gasteiger partial charge in [0.05, 0.1) is 7.11 Å². The van der Waals surface area contributed by atoms with Gasteiger partial charge in [-0.1, -0.05) is 11.3 Å². The van der Waals surface area contributed by atoms with Crippen LogP contribution in [0, 0.1) is 0 Å². The molecule has 7 nitrogen and oxygen atoms in total. The predicted molar refractivity (Wildman–Crippen MR) is 78.0 cm³/mol. The Bertz CT molecular complexity index is 614. The zero-order valence-corrected chi connectivity index (χ0v) is 12.0. The number of carbonyl (C=O) groups is 1. The van der Waals surface area contributed by atoms with Gasteiger partial charge in [0, 0.05) is 25.9 Å². The van der Waals surface area contributed by atoms with Gasteiger partial charge in [-0.3, -0.25) is 4.79 Å². The van der Waals surface area contributed by atoms with E-state index in [1.54, 1.807) is 32.5 Å². The highest BCUT2D eigenvalue weighted by molar-refractivity contribution is 7.18. The number of aromatic nitrogens is 2. The number of nitrogens with one attached hydrogen (secondary N) is 2. The number of methoxy groups -OCH3 is 1. The van der Waals surface area contributed by atoms with Gasteiger partial charge in [0.15, 0.2) is 5.13 Å². The van der Waals surface area contributed by atoms with Crippen LogP contribution in [-0.4, -0.2) is 30.0 Å². The first kappa shape index (κ1) is 14.1. The summed E-state index contributed by atoms with van der Waals surface area (Å²) in [5.74, 6) is 0.480. The quantitative estimate of drug-likeness (QED) is 0.763. The number of ether oxygens (including phenoxy) is 1. The Kier molecular flexibility index (Phi) is 4.36. The van der Waals surface area contributed by atoms with Gasteiger partial charge in [0.2, 0.25) is 5.88 Å². The molecule has 0 radical (unpaired) electrons. The molecule has 8 heteroatoms. The molecule has 0 bridgehead atoms. The molecule has 0 saturated heterocycles. The Morgan fingerprint density at radius 2 is 2.35 bits per heavy atom. The summed E-state index contributed by atoms with van der Waals surface area (Å²) in [6, 6.07) is 3.56. The van der Waals surface area contributed by atoms with E-state index in [1.165, 1.54) is 11.3 Å². The van der Waals surface area contributed by atoms with E-state index in [1.807, 2.05) is 0 Å². The van der Waals surface area contributed by atoms with Crippen molar-refractivity contribution in [3.63, 3.8) is 0 Å². The summed E-state index contributed by atoms with van der Waals surface area (Å²) in [4.78, 5) is 20.5. The van der Waals surface area contributed by atoms with Crippen LogP contribution in [-0.2, 0) is 6.54 Å². The standard InChI is InChI=1S/C12H15N5O2S/c1-14-12-17-10(13)9(20-12)11(18)16-6-7-3-4-15-8(5-7)19-2/h3-5H,6,13H2,1-2H3,(H,14,17)(H,16,18). The van der Waals surface area contributed by atoms with Gasteiger partial charge >= 0.3 is 0 Å². The lowest BCUT2D eigenvalue weighted by molar-refractivity contribution is 0.0955. The van der Waals surface area contributed by atoms with Crippen molar-refractivity contribution in [1.29, 1.82) is 0 Å². The highest BCUT2D eigenvalue weighted by Gasteiger charge is 2.15. The van der Waals surface area contributed by atoms with Crippen LogP contribution in [0.2, 0.25) is 0 Å². The van der Waals surface area contributed by atoms with E-state index in [2.05, 4.69) is 20.6 Å². The molecule has 0 atom stereocenters. The molecule has 0 aromatic carbocycles. The first-order chi connectivity index (χ1) is 9.63. The Morgan fingerprint density at radius 1 is 1.55 bits per heavy atom. The number of thiazole rings is 1. The predicted octanol–water partition coefficient (Wildman–Crippen LogP) is 1.10. The lowest BCUT2D eigenvalue weighted by atomic mass is 10.2. The van der Waals surface area contributed by atoms with Crippen LogP contribution >= 0.6 is 11.3 Å². The van der Waals surface area contributed by atoms with Crippen molar-refractivity contribution in [3.05, 3.63) is 28.8 Å². The number of hydrogen-bond donors (Lipinski definition) is 3. The summed E-state index contributed by atoms with van der Waals surface area (Å²) in [5.41, 5.74) is 6.59. The lowest BCUT2D eigenvalue weighted by Gasteiger charge is -2.05. The highest BCUT2D eigenvalue weighted by Crippen LogP contribution is 2.24. The second-order valence-electron chi connectivity index (χ2n) is 3.87. The Hall–Kier alpha value is -2.35. The highest BCUT2D eigenvalue weighted by atomic mass is 32.1.